The average Bonchev–Trinajstić information content (AvgIpc) is 3.26. The first-order valence-corrected chi connectivity index (χ1v) is 9.37. The van der Waals surface area contributed by atoms with Crippen molar-refractivity contribution in [2.45, 2.75) is 36.6 Å². The zero-order valence-corrected chi connectivity index (χ0v) is 14.6. The Bertz CT molecular complexity index is 694. The van der Waals surface area contributed by atoms with E-state index in [0.717, 1.165) is 35.4 Å². The van der Waals surface area contributed by atoms with Crippen LogP contribution in [0.5, 0.6) is 0 Å². The Morgan fingerprint density at radius 2 is 2.04 bits per heavy atom. The van der Waals surface area contributed by atoms with Crippen LogP contribution < -0.4 is 0 Å². The SMILES string of the molecule is CSc1ccc(C(=O)C[C@@H]2CCCN2C(=O)Cc2ccoc2)cc1. The van der Waals surface area contributed by atoms with Gasteiger partial charge in [0.2, 0.25) is 5.91 Å². The maximum Gasteiger partial charge on any atom is 0.227 e. The molecule has 0 unspecified atom stereocenters. The van der Waals surface area contributed by atoms with E-state index in [1.165, 1.54) is 0 Å². The molecule has 2 heterocycles. The minimum absolute atomic E-state index is 0.0112. The quantitative estimate of drug-likeness (QED) is 0.591. The van der Waals surface area contributed by atoms with Gasteiger partial charge in [0.15, 0.2) is 5.78 Å². The zero-order chi connectivity index (χ0) is 16.9. The van der Waals surface area contributed by atoms with E-state index >= 15 is 0 Å². The fraction of sp³-hybridized carbons (Fsp3) is 0.368. The van der Waals surface area contributed by atoms with E-state index in [-0.39, 0.29) is 17.7 Å². The topological polar surface area (TPSA) is 50.5 Å². The summed E-state index contributed by atoms with van der Waals surface area (Å²) >= 11 is 1.66. The molecule has 1 aliphatic rings. The predicted octanol–water partition coefficient (Wildman–Crippen LogP) is 3.81. The molecule has 0 saturated carbocycles. The third kappa shape index (κ3) is 3.90. The summed E-state index contributed by atoms with van der Waals surface area (Å²) in [6.07, 6.45) is 7.78. The van der Waals surface area contributed by atoms with Gasteiger partial charge in [0, 0.05) is 29.5 Å². The number of thioether (sulfide) groups is 1. The highest BCUT2D eigenvalue weighted by molar-refractivity contribution is 7.98. The molecular formula is C19H21NO3S. The summed E-state index contributed by atoms with van der Waals surface area (Å²) in [6.45, 7) is 0.736. The van der Waals surface area contributed by atoms with E-state index < -0.39 is 0 Å². The maximum atomic E-state index is 12.5. The number of hydrogen-bond acceptors (Lipinski definition) is 4. The highest BCUT2D eigenvalue weighted by Gasteiger charge is 2.30. The normalized spacial score (nSPS) is 17.2. The summed E-state index contributed by atoms with van der Waals surface area (Å²) in [5.41, 5.74) is 1.60. The summed E-state index contributed by atoms with van der Waals surface area (Å²) in [7, 11) is 0. The summed E-state index contributed by atoms with van der Waals surface area (Å²) in [6, 6.07) is 9.50. The first kappa shape index (κ1) is 16.8. The van der Waals surface area contributed by atoms with E-state index in [2.05, 4.69) is 0 Å². The Balaban J connectivity index is 1.62. The Morgan fingerprint density at radius 3 is 2.71 bits per heavy atom. The first-order valence-electron chi connectivity index (χ1n) is 8.15. The van der Waals surface area contributed by atoms with Gasteiger partial charge in [-0.05, 0) is 42.9 Å². The molecule has 1 saturated heterocycles. The predicted molar refractivity (Wildman–Crippen MR) is 94.3 cm³/mol. The number of carbonyl (C=O) groups excluding carboxylic acids is 2. The molecule has 3 rings (SSSR count). The van der Waals surface area contributed by atoms with Crippen molar-refractivity contribution in [3.8, 4) is 0 Å². The number of Topliss-reactive ketones (excluding diaryl/α,β-unsaturated/α-hetero) is 1. The molecule has 1 amide bonds. The number of rotatable bonds is 6. The van der Waals surface area contributed by atoms with Crippen molar-refractivity contribution < 1.29 is 14.0 Å². The number of likely N-dealkylation sites (tertiary alicyclic amines) is 1. The maximum absolute atomic E-state index is 12.5. The Kier molecular flexibility index (Phi) is 5.41. The van der Waals surface area contributed by atoms with Gasteiger partial charge in [0.25, 0.3) is 0 Å². The van der Waals surface area contributed by atoms with Gasteiger partial charge in [-0.25, -0.2) is 0 Å². The standard InChI is InChI=1S/C19H21NO3S/c1-24-17-6-4-15(5-7-17)18(21)12-16-3-2-9-20(16)19(22)11-14-8-10-23-13-14/h4-8,10,13,16H,2-3,9,11-12H2,1H3/t16-/m0/s1. The summed E-state index contributed by atoms with van der Waals surface area (Å²) in [5, 5.41) is 0. The molecule has 0 radical (unpaired) electrons. The average molecular weight is 343 g/mol. The third-order valence-corrected chi connectivity index (χ3v) is 5.21. The van der Waals surface area contributed by atoms with Gasteiger partial charge >= 0.3 is 0 Å². The lowest BCUT2D eigenvalue weighted by Crippen LogP contribution is -2.37. The number of ketones is 1. The van der Waals surface area contributed by atoms with E-state index in [1.807, 2.05) is 35.4 Å². The van der Waals surface area contributed by atoms with Crippen LogP contribution >= 0.6 is 11.8 Å². The van der Waals surface area contributed by atoms with Crippen LogP contribution in [-0.2, 0) is 11.2 Å². The lowest BCUT2D eigenvalue weighted by atomic mass is 10.0. The van der Waals surface area contributed by atoms with Crippen LogP contribution in [0.15, 0.2) is 52.2 Å². The number of furan rings is 1. The Hall–Kier alpha value is -2.01. The van der Waals surface area contributed by atoms with Crippen molar-refractivity contribution in [1.82, 2.24) is 4.90 Å². The van der Waals surface area contributed by atoms with Gasteiger partial charge in [0.05, 0.1) is 18.9 Å². The van der Waals surface area contributed by atoms with Crippen molar-refractivity contribution in [3.05, 3.63) is 54.0 Å². The Morgan fingerprint density at radius 1 is 1.25 bits per heavy atom. The second-order valence-corrected chi connectivity index (χ2v) is 6.93. The van der Waals surface area contributed by atoms with Gasteiger partial charge in [-0.15, -0.1) is 11.8 Å². The molecule has 0 aliphatic carbocycles. The van der Waals surface area contributed by atoms with Crippen LogP contribution in [0, 0.1) is 0 Å². The van der Waals surface area contributed by atoms with Gasteiger partial charge < -0.3 is 9.32 Å². The van der Waals surface area contributed by atoms with Gasteiger partial charge in [-0.3, -0.25) is 9.59 Å². The van der Waals surface area contributed by atoms with Crippen molar-refractivity contribution in [1.29, 1.82) is 0 Å². The van der Waals surface area contributed by atoms with Crippen LogP contribution in [-0.4, -0.2) is 35.4 Å². The van der Waals surface area contributed by atoms with Crippen LogP contribution in [0.1, 0.15) is 35.2 Å². The summed E-state index contributed by atoms with van der Waals surface area (Å²) in [4.78, 5) is 28.0. The van der Waals surface area contributed by atoms with Crippen molar-refractivity contribution in [2.75, 3.05) is 12.8 Å². The van der Waals surface area contributed by atoms with Crippen molar-refractivity contribution in [2.24, 2.45) is 0 Å². The Labute approximate surface area is 146 Å². The minimum Gasteiger partial charge on any atom is -0.472 e. The van der Waals surface area contributed by atoms with Gasteiger partial charge in [-0.1, -0.05) is 12.1 Å². The second kappa shape index (κ2) is 7.71. The molecule has 4 nitrogen and oxygen atoms in total. The van der Waals surface area contributed by atoms with Crippen LogP contribution in [0.4, 0.5) is 0 Å². The fourth-order valence-corrected chi connectivity index (χ4v) is 3.56. The summed E-state index contributed by atoms with van der Waals surface area (Å²) in [5.74, 6) is 0.181. The fourth-order valence-electron chi connectivity index (χ4n) is 3.15. The zero-order valence-electron chi connectivity index (χ0n) is 13.7. The monoisotopic (exact) mass is 343 g/mol. The molecule has 0 bridgehead atoms. The molecule has 5 heteroatoms. The first-order chi connectivity index (χ1) is 11.7. The molecule has 1 aromatic carbocycles. The summed E-state index contributed by atoms with van der Waals surface area (Å²) < 4.78 is 5.02. The molecule has 1 aromatic heterocycles. The molecule has 1 fully saturated rings. The number of hydrogen-bond donors (Lipinski definition) is 0. The highest BCUT2D eigenvalue weighted by Crippen LogP contribution is 2.24. The molecule has 24 heavy (non-hydrogen) atoms. The van der Waals surface area contributed by atoms with Crippen LogP contribution in [0.25, 0.3) is 0 Å². The molecule has 1 aliphatic heterocycles. The van der Waals surface area contributed by atoms with E-state index in [0.29, 0.717) is 12.8 Å². The van der Waals surface area contributed by atoms with E-state index in [9.17, 15) is 9.59 Å². The second-order valence-electron chi connectivity index (χ2n) is 6.05. The van der Waals surface area contributed by atoms with Gasteiger partial charge in [-0.2, -0.15) is 0 Å². The van der Waals surface area contributed by atoms with Gasteiger partial charge in [0.1, 0.15) is 0 Å². The molecule has 0 spiro atoms. The lowest BCUT2D eigenvalue weighted by Gasteiger charge is -2.24. The molecular weight excluding hydrogens is 322 g/mol. The van der Waals surface area contributed by atoms with E-state index in [1.54, 1.807) is 30.4 Å². The minimum atomic E-state index is 0.0112. The number of nitrogens with zero attached hydrogens (tertiary/aromatic N) is 1. The van der Waals surface area contributed by atoms with Crippen molar-refractivity contribution >= 4 is 23.5 Å². The highest BCUT2D eigenvalue weighted by atomic mass is 32.2. The molecule has 2 aromatic rings. The number of benzene rings is 1. The third-order valence-electron chi connectivity index (χ3n) is 4.47. The smallest absolute Gasteiger partial charge is 0.227 e. The number of carbonyl (C=O) groups is 2. The van der Waals surface area contributed by atoms with Crippen LogP contribution in [0.2, 0.25) is 0 Å². The van der Waals surface area contributed by atoms with E-state index in [4.69, 9.17) is 4.42 Å². The van der Waals surface area contributed by atoms with Crippen molar-refractivity contribution in [3.63, 3.8) is 0 Å². The molecule has 1 atom stereocenters. The molecule has 0 N–H and O–H groups in total. The number of amides is 1. The van der Waals surface area contributed by atoms with Crippen LogP contribution in [0.3, 0.4) is 0 Å². The molecule has 126 valence electrons. The largest absolute Gasteiger partial charge is 0.472 e. The lowest BCUT2D eigenvalue weighted by molar-refractivity contribution is -0.131.